The Morgan fingerprint density at radius 1 is 0.815 bits per heavy atom. The Kier molecular flexibility index (Phi) is 19.6. The summed E-state index contributed by atoms with van der Waals surface area (Å²) < 4.78 is 0. The van der Waals surface area contributed by atoms with Crippen molar-refractivity contribution in [2.24, 2.45) is 17.6 Å². The van der Waals surface area contributed by atoms with Crippen molar-refractivity contribution in [2.75, 3.05) is 19.6 Å². The molecular weight excluding hydrogens is 700 g/mol. The predicted octanol–water partition coefficient (Wildman–Crippen LogP) is -1.18. The molecule has 0 bridgehead atoms. The molecule has 0 aromatic heterocycles. The van der Waals surface area contributed by atoms with Crippen LogP contribution in [0.5, 0.6) is 0 Å². The van der Waals surface area contributed by atoms with E-state index in [9.17, 15) is 43.8 Å². The molecule has 8 atom stereocenters. The van der Waals surface area contributed by atoms with Crippen molar-refractivity contribution in [3.8, 4) is 0 Å². The van der Waals surface area contributed by atoms with Gasteiger partial charge < -0.3 is 53.2 Å². The highest BCUT2D eigenvalue weighted by Gasteiger charge is 2.36. The molecule has 0 aliphatic carbocycles. The first kappa shape index (κ1) is 45.5. The fourth-order valence-corrected chi connectivity index (χ4v) is 5.89. The number of carboxylic acids is 1. The summed E-state index contributed by atoms with van der Waals surface area (Å²) in [5.41, 5.74) is 6.19. The largest absolute Gasteiger partial charge is 0.480 e. The smallest absolute Gasteiger partial charge is 0.326 e. The number of amides is 6. The van der Waals surface area contributed by atoms with Gasteiger partial charge in [0.1, 0.15) is 30.2 Å². The summed E-state index contributed by atoms with van der Waals surface area (Å²) in [7, 11) is 0. The van der Waals surface area contributed by atoms with Crippen molar-refractivity contribution >= 4 is 41.4 Å². The quantitative estimate of drug-likeness (QED) is 0.0593. The highest BCUT2D eigenvalue weighted by molar-refractivity contribution is 5.97. The van der Waals surface area contributed by atoms with E-state index in [1.54, 1.807) is 58.0 Å². The monoisotopic (exact) mass is 760 g/mol. The fourth-order valence-electron chi connectivity index (χ4n) is 5.89. The van der Waals surface area contributed by atoms with E-state index < -0.39 is 83.7 Å². The molecule has 0 unspecified atom stereocenters. The third-order valence-electron chi connectivity index (χ3n) is 9.40. The average Bonchev–Trinajstić information content (AvgIpc) is 3.68. The van der Waals surface area contributed by atoms with Crippen LogP contribution in [0.15, 0.2) is 30.3 Å². The Hall–Kier alpha value is -4.61. The second kappa shape index (κ2) is 23.2. The molecule has 11 N–H and O–H groups in total. The zero-order valence-electron chi connectivity index (χ0n) is 32.0. The molecule has 1 aliphatic rings. The van der Waals surface area contributed by atoms with Gasteiger partial charge in [-0.1, -0.05) is 64.4 Å². The lowest BCUT2D eigenvalue weighted by molar-refractivity contribution is -0.143. The van der Waals surface area contributed by atoms with Crippen LogP contribution in [0.3, 0.4) is 0 Å². The molecule has 0 radical (unpaired) electrons. The molecule has 0 spiro atoms. The molecule has 0 saturated carbocycles. The Morgan fingerprint density at radius 3 is 1.98 bits per heavy atom. The lowest BCUT2D eigenvalue weighted by atomic mass is 9.96. The summed E-state index contributed by atoms with van der Waals surface area (Å²) in [4.78, 5) is 91.6. The summed E-state index contributed by atoms with van der Waals surface area (Å²) >= 11 is 0. The van der Waals surface area contributed by atoms with Crippen molar-refractivity contribution in [1.29, 1.82) is 0 Å². The molecule has 1 heterocycles. The number of rotatable bonds is 23. The second-order valence-corrected chi connectivity index (χ2v) is 14.2. The molecule has 17 heteroatoms. The van der Waals surface area contributed by atoms with Gasteiger partial charge in [0.2, 0.25) is 35.4 Å². The number of unbranched alkanes of at least 4 members (excludes halogenated alkanes) is 1. The normalized spacial score (nSPS) is 17.8. The lowest BCUT2D eigenvalue weighted by Crippen LogP contribution is -2.62. The second-order valence-electron chi connectivity index (χ2n) is 14.2. The van der Waals surface area contributed by atoms with E-state index in [0.717, 1.165) is 6.42 Å². The highest BCUT2D eigenvalue weighted by atomic mass is 16.4. The van der Waals surface area contributed by atoms with Crippen LogP contribution in [0, 0.1) is 11.8 Å². The number of nitrogens with one attached hydrogen (secondary N) is 7. The summed E-state index contributed by atoms with van der Waals surface area (Å²) in [6, 6.07) is 2.13. The SMILES string of the molecule is CC[C@H](C)[C@H](NC(=O)[C@H](Cc1ccccc1)NC(=O)[C@@H](NC(=O)CNC(=O)[C@@H]1CCCN1)C(C)C)C(=O)N[C@H](C(=O)N[C@@H](CCCCN)C(=O)O)[C@@H](C)O. The minimum absolute atomic E-state index is 0.0237. The number of aliphatic hydroxyl groups is 1. The van der Waals surface area contributed by atoms with E-state index >= 15 is 0 Å². The Balaban J connectivity index is 2.25. The van der Waals surface area contributed by atoms with Gasteiger partial charge >= 0.3 is 5.97 Å². The number of carbonyl (C=O) groups is 7. The summed E-state index contributed by atoms with van der Waals surface area (Å²) in [6.07, 6.45) is 1.59. The first-order valence-corrected chi connectivity index (χ1v) is 18.8. The molecule has 1 aliphatic heterocycles. The number of carbonyl (C=O) groups excluding carboxylic acids is 6. The first-order valence-electron chi connectivity index (χ1n) is 18.8. The number of carboxylic acid groups (broad SMARTS) is 1. The molecule has 6 amide bonds. The molecule has 1 saturated heterocycles. The molecule has 1 aromatic rings. The topological polar surface area (TPSA) is 270 Å². The molecule has 1 aromatic carbocycles. The molecule has 2 rings (SSSR count). The maximum absolute atomic E-state index is 14.0. The first-order chi connectivity index (χ1) is 25.6. The zero-order valence-corrected chi connectivity index (χ0v) is 32.0. The molecule has 54 heavy (non-hydrogen) atoms. The van der Waals surface area contributed by atoms with Gasteiger partial charge in [-0.25, -0.2) is 4.79 Å². The maximum Gasteiger partial charge on any atom is 0.326 e. The van der Waals surface area contributed by atoms with Crippen molar-refractivity contribution in [3.05, 3.63) is 35.9 Å². The molecule has 1 fully saturated rings. The number of nitrogens with two attached hydrogens (primary N) is 1. The van der Waals surface area contributed by atoms with E-state index in [1.807, 2.05) is 0 Å². The third-order valence-corrected chi connectivity index (χ3v) is 9.40. The van der Waals surface area contributed by atoms with Crippen molar-refractivity contribution in [1.82, 2.24) is 37.2 Å². The lowest BCUT2D eigenvalue weighted by Gasteiger charge is -2.30. The zero-order chi connectivity index (χ0) is 40.4. The maximum atomic E-state index is 14.0. The summed E-state index contributed by atoms with van der Waals surface area (Å²) in [6.45, 7) is 8.91. The van der Waals surface area contributed by atoms with Crippen LogP contribution >= 0.6 is 0 Å². The molecular formula is C37H60N8O9. The minimum atomic E-state index is -1.55. The average molecular weight is 761 g/mol. The highest BCUT2D eigenvalue weighted by Crippen LogP contribution is 2.13. The van der Waals surface area contributed by atoms with Crippen LogP contribution in [-0.2, 0) is 40.0 Å². The van der Waals surface area contributed by atoms with Crippen molar-refractivity contribution in [3.63, 3.8) is 0 Å². The van der Waals surface area contributed by atoms with E-state index in [4.69, 9.17) is 5.73 Å². The number of aliphatic carboxylic acids is 1. The fraction of sp³-hybridized carbons (Fsp3) is 0.649. The van der Waals surface area contributed by atoms with Crippen molar-refractivity contribution < 1.29 is 43.8 Å². The van der Waals surface area contributed by atoms with E-state index in [-0.39, 0.29) is 31.3 Å². The van der Waals surface area contributed by atoms with Gasteiger partial charge in [-0.2, -0.15) is 0 Å². The van der Waals surface area contributed by atoms with Gasteiger partial charge in [-0.05, 0) is 69.5 Å². The Bertz CT molecular complexity index is 1400. The van der Waals surface area contributed by atoms with Gasteiger partial charge in [-0.3, -0.25) is 28.8 Å². The van der Waals surface area contributed by atoms with E-state index in [1.165, 1.54) is 6.92 Å². The van der Waals surface area contributed by atoms with Crippen LogP contribution in [0.2, 0.25) is 0 Å². The Morgan fingerprint density at radius 2 is 1.43 bits per heavy atom. The third kappa shape index (κ3) is 15.0. The number of aliphatic hydroxyl groups excluding tert-OH is 1. The van der Waals surface area contributed by atoms with Gasteiger partial charge in [0.25, 0.3) is 0 Å². The van der Waals surface area contributed by atoms with Crippen LogP contribution in [-0.4, -0.2) is 114 Å². The number of benzene rings is 1. The van der Waals surface area contributed by atoms with Gasteiger partial charge in [-0.15, -0.1) is 0 Å². The van der Waals surface area contributed by atoms with Gasteiger partial charge in [0.05, 0.1) is 18.7 Å². The molecule has 302 valence electrons. The summed E-state index contributed by atoms with van der Waals surface area (Å²) in [5.74, 6) is -6.18. The van der Waals surface area contributed by atoms with Crippen LogP contribution in [0.1, 0.15) is 78.7 Å². The Labute approximate surface area is 317 Å². The summed E-state index contributed by atoms with van der Waals surface area (Å²) in [5, 5.41) is 38.6. The minimum Gasteiger partial charge on any atom is -0.480 e. The van der Waals surface area contributed by atoms with Crippen LogP contribution in [0.4, 0.5) is 0 Å². The van der Waals surface area contributed by atoms with Crippen LogP contribution in [0.25, 0.3) is 0 Å². The van der Waals surface area contributed by atoms with Crippen molar-refractivity contribution in [2.45, 2.75) is 122 Å². The number of hydrogen-bond donors (Lipinski definition) is 10. The van der Waals surface area contributed by atoms with E-state index in [2.05, 4.69) is 37.2 Å². The number of hydrogen-bond acceptors (Lipinski definition) is 10. The standard InChI is InChI=1S/C37H60N8O9/c1-6-22(4)30(35(51)45-31(23(5)46)36(52)41-26(37(53)54)15-10-11-17-38)44-33(49)27(19-24-13-8-7-9-14-24)42-34(50)29(21(2)3)43-28(47)20-40-32(48)25-16-12-18-39-25/h7-9,13-14,21-23,25-27,29-31,39,46H,6,10-12,15-20,38H2,1-5H3,(H,40,48)(H,41,52)(H,42,50)(H,43,47)(H,44,49)(H,45,51)(H,53,54)/t22-,23+,25-,26-,27-,29-,30-,31-/m0/s1. The molecule has 17 nitrogen and oxygen atoms in total. The van der Waals surface area contributed by atoms with Crippen LogP contribution < -0.4 is 43.0 Å². The van der Waals surface area contributed by atoms with E-state index in [0.29, 0.717) is 44.3 Å². The predicted molar refractivity (Wildman–Crippen MR) is 200 cm³/mol. The van der Waals surface area contributed by atoms with Gasteiger partial charge in [0, 0.05) is 6.42 Å². The van der Waals surface area contributed by atoms with Gasteiger partial charge in [0.15, 0.2) is 0 Å².